The second-order valence-electron chi connectivity index (χ2n) is 5.34. The summed E-state index contributed by atoms with van der Waals surface area (Å²) in [6.45, 7) is 4.55. The van der Waals surface area contributed by atoms with Gasteiger partial charge in [-0.15, -0.1) is 0 Å². The van der Waals surface area contributed by atoms with Crippen molar-refractivity contribution >= 4 is 11.6 Å². The summed E-state index contributed by atoms with van der Waals surface area (Å²) in [5.41, 5.74) is 7.63. The van der Waals surface area contributed by atoms with E-state index in [4.69, 9.17) is 17.3 Å². The summed E-state index contributed by atoms with van der Waals surface area (Å²) in [7, 11) is 0. The van der Waals surface area contributed by atoms with E-state index in [2.05, 4.69) is 19.9 Å². The molecule has 1 saturated carbocycles. The highest BCUT2D eigenvalue weighted by atomic mass is 35.5. The van der Waals surface area contributed by atoms with Gasteiger partial charge in [-0.05, 0) is 42.4 Å². The van der Waals surface area contributed by atoms with E-state index in [0.29, 0.717) is 11.8 Å². The number of benzene rings is 1. The van der Waals surface area contributed by atoms with Gasteiger partial charge in [0.1, 0.15) is 0 Å². The number of hydrogen-bond acceptors (Lipinski definition) is 1. The van der Waals surface area contributed by atoms with Gasteiger partial charge < -0.3 is 5.73 Å². The highest BCUT2D eigenvalue weighted by molar-refractivity contribution is 6.30. The molecule has 3 unspecified atom stereocenters. The highest BCUT2D eigenvalue weighted by Gasteiger charge is 2.38. The maximum atomic E-state index is 6.62. The highest BCUT2D eigenvalue weighted by Crippen LogP contribution is 2.42. The zero-order valence-corrected chi connectivity index (χ0v) is 10.8. The first kappa shape index (κ1) is 11.9. The first-order chi connectivity index (χ1) is 7.52. The number of halogens is 1. The molecule has 2 rings (SSSR count). The van der Waals surface area contributed by atoms with Crippen LogP contribution >= 0.6 is 11.6 Å². The molecule has 0 amide bonds. The molecule has 0 heterocycles. The quantitative estimate of drug-likeness (QED) is 0.787. The Morgan fingerprint density at radius 1 is 1.31 bits per heavy atom. The van der Waals surface area contributed by atoms with Gasteiger partial charge in [0, 0.05) is 10.6 Å². The Hall–Kier alpha value is -0.530. The van der Waals surface area contributed by atoms with Gasteiger partial charge in [-0.25, -0.2) is 0 Å². The molecule has 1 aliphatic carbocycles. The van der Waals surface area contributed by atoms with E-state index in [-0.39, 0.29) is 5.54 Å². The molecule has 1 aliphatic rings. The van der Waals surface area contributed by atoms with Crippen molar-refractivity contribution in [2.24, 2.45) is 17.6 Å². The monoisotopic (exact) mass is 237 g/mol. The van der Waals surface area contributed by atoms with Gasteiger partial charge >= 0.3 is 0 Å². The van der Waals surface area contributed by atoms with Crippen molar-refractivity contribution in [3.63, 3.8) is 0 Å². The van der Waals surface area contributed by atoms with E-state index >= 15 is 0 Å². The maximum Gasteiger partial charge on any atom is 0.0438 e. The summed E-state index contributed by atoms with van der Waals surface area (Å²) in [5, 5.41) is 0.785. The lowest BCUT2D eigenvalue weighted by molar-refractivity contribution is 0.162. The van der Waals surface area contributed by atoms with Crippen molar-refractivity contribution in [3.05, 3.63) is 34.9 Å². The molecular formula is C14H20ClN. The van der Waals surface area contributed by atoms with E-state index in [1.165, 1.54) is 18.4 Å². The van der Waals surface area contributed by atoms with Crippen LogP contribution in [0, 0.1) is 11.8 Å². The number of rotatable bonds is 1. The molecule has 88 valence electrons. The van der Waals surface area contributed by atoms with Crippen LogP contribution in [0.15, 0.2) is 24.3 Å². The smallest absolute Gasteiger partial charge is 0.0438 e. The Bertz CT molecular complexity index is 377. The van der Waals surface area contributed by atoms with Gasteiger partial charge in [0.05, 0.1) is 0 Å². The minimum Gasteiger partial charge on any atom is -0.321 e. The minimum atomic E-state index is -0.192. The molecular weight excluding hydrogens is 218 g/mol. The van der Waals surface area contributed by atoms with Crippen LogP contribution in [-0.2, 0) is 5.54 Å². The molecule has 0 aliphatic heterocycles. The minimum absolute atomic E-state index is 0.192. The fraction of sp³-hybridized carbons (Fsp3) is 0.571. The van der Waals surface area contributed by atoms with Crippen molar-refractivity contribution < 1.29 is 0 Å². The maximum absolute atomic E-state index is 6.62. The molecule has 1 fully saturated rings. The van der Waals surface area contributed by atoms with Gasteiger partial charge in [-0.2, -0.15) is 0 Å². The lowest BCUT2D eigenvalue weighted by atomic mass is 9.67. The van der Waals surface area contributed by atoms with Gasteiger partial charge in [0.25, 0.3) is 0 Å². The Balaban J connectivity index is 2.35. The average Bonchev–Trinajstić information content (AvgIpc) is 2.24. The zero-order chi connectivity index (χ0) is 11.8. The van der Waals surface area contributed by atoms with Crippen LogP contribution in [-0.4, -0.2) is 0 Å². The third-order valence-corrected chi connectivity index (χ3v) is 4.26. The molecule has 2 N–H and O–H groups in total. The third kappa shape index (κ3) is 2.11. The summed E-state index contributed by atoms with van der Waals surface area (Å²) < 4.78 is 0. The van der Waals surface area contributed by atoms with Crippen molar-refractivity contribution in [1.82, 2.24) is 0 Å². The van der Waals surface area contributed by atoms with Crippen LogP contribution in [0.2, 0.25) is 5.02 Å². The summed E-state index contributed by atoms with van der Waals surface area (Å²) >= 11 is 6.05. The normalized spacial score (nSPS) is 35.0. The van der Waals surface area contributed by atoms with Crippen molar-refractivity contribution in [1.29, 1.82) is 0 Å². The van der Waals surface area contributed by atoms with Crippen LogP contribution < -0.4 is 5.73 Å². The third-order valence-electron chi connectivity index (χ3n) is 4.02. The fourth-order valence-corrected chi connectivity index (χ4v) is 3.04. The Morgan fingerprint density at radius 2 is 2.06 bits per heavy atom. The molecule has 3 atom stereocenters. The Morgan fingerprint density at radius 3 is 2.75 bits per heavy atom. The van der Waals surface area contributed by atoms with Crippen LogP contribution in [0.1, 0.15) is 38.7 Å². The topological polar surface area (TPSA) is 26.0 Å². The van der Waals surface area contributed by atoms with Crippen molar-refractivity contribution in [3.8, 4) is 0 Å². The van der Waals surface area contributed by atoms with E-state index < -0.39 is 0 Å². The lowest BCUT2D eigenvalue weighted by Crippen LogP contribution is -2.47. The Kier molecular flexibility index (Phi) is 3.27. The van der Waals surface area contributed by atoms with Crippen LogP contribution in [0.3, 0.4) is 0 Å². The van der Waals surface area contributed by atoms with E-state index in [0.717, 1.165) is 11.4 Å². The van der Waals surface area contributed by atoms with Crippen LogP contribution in [0.4, 0.5) is 0 Å². The first-order valence-electron chi connectivity index (χ1n) is 6.07. The standard InChI is InChI=1S/C14H20ClN/c1-10-6-7-11(2)14(16,9-10)12-4-3-5-13(15)8-12/h3-5,8,10-11H,6-7,9,16H2,1-2H3. The van der Waals surface area contributed by atoms with E-state index in [9.17, 15) is 0 Å². The van der Waals surface area contributed by atoms with Crippen LogP contribution in [0.25, 0.3) is 0 Å². The predicted octanol–water partition coefficient (Wildman–Crippen LogP) is 3.95. The summed E-state index contributed by atoms with van der Waals surface area (Å²) in [5.74, 6) is 1.24. The SMILES string of the molecule is CC1CCC(C)C(N)(c2cccc(Cl)c2)C1. The van der Waals surface area contributed by atoms with Gasteiger partial charge in [-0.3, -0.25) is 0 Å². The van der Waals surface area contributed by atoms with Crippen molar-refractivity contribution in [2.75, 3.05) is 0 Å². The summed E-state index contributed by atoms with van der Waals surface area (Å²) in [6.07, 6.45) is 3.57. The Labute approximate surface area is 103 Å². The fourth-order valence-electron chi connectivity index (χ4n) is 2.85. The predicted molar refractivity (Wildman–Crippen MR) is 69.5 cm³/mol. The lowest BCUT2D eigenvalue weighted by Gasteiger charge is -2.42. The number of nitrogens with two attached hydrogens (primary N) is 1. The zero-order valence-electron chi connectivity index (χ0n) is 10.0. The molecule has 1 nitrogen and oxygen atoms in total. The molecule has 16 heavy (non-hydrogen) atoms. The van der Waals surface area contributed by atoms with Gasteiger partial charge in [0.2, 0.25) is 0 Å². The van der Waals surface area contributed by atoms with Gasteiger partial charge in [0.15, 0.2) is 0 Å². The largest absolute Gasteiger partial charge is 0.321 e. The molecule has 2 heteroatoms. The molecule has 0 radical (unpaired) electrons. The van der Waals surface area contributed by atoms with E-state index in [1.807, 2.05) is 18.2 Å². The molecule has 1 aromatic rings. The molecule has 0 spiro atoms. The van der Waals surface area contributed by atoms with Gasteiger partial charge in [-0.1, -0.05) is 44.0 Å². The molecule has 1 aromatic carbocycles. The number of hydrogen-bond donors (Lipinski definition) is 1. The molecule has 0 saturated heterocycles. The van der Waals surface area contributed by atoms with Crippen molar-refractivity contribution in [2.45, 2.75) is 38.6 Å². The molecule has 0 bridgehead atoms. The second kappa shape index (κ2) is 4.38. The van der Waals surface area contributed by atoms with E-state index in [1.54, 1.807) is 0 Å². The molecule has 0 aromatic heterocycles. The summed E-state index contributed by atoms with van der Waals surface area (Å²) in [4.78, 5) is 0. The average molecular weight is 238 g/mol. The van der Waals surface area contributed by atoms with Crippen LogP contribution in [0.5, 0.6) is 0 Å². The second-order valence-corrected chi connectivity index (χ2v) is 5.77. The summed E-state index contributed by atoms with van der Waals surface area (Å²) in [6, 6.07) is 8.04. The first-order valence-corrected chi connectivity index (χ1v) is 6.45.